The lowest BCUT2D eigenvalue weighted by Crippen LogP contribution is -2.46. The number of benzene rings is 2. The van der Waals surface area contributed by atoms with Crippen molar-refractivity contribution in [2.24, 2.45) is 0 Å². The van der Waals surface area contributed by atoms with Crippen LogP contribution in [0.4, 0.5) is 8.78 Å². The Morgan fingerprint density at radius 3 is 2.47 bits per heavy atom. The van der Waals surface area contributed by atoms with E-state index in [0.717, 1.165) is 25.2 Å². The topological polar surface area (TPSA) is 95.9 Å². The van der Waals surface area contributed by atoms with Crippen molar-refractivity contribution in [2.45, 2.75) is 0 Å². The predicted molar refractivity (Wildman–Crippen MR) is 114 cm³/mol. The van der Waals surface area contributed by atoms with Crippen molar-refractivity contribution >= 4 is 16.8 Å². The van der Waals surface area contributed by atoms with Gasteiger partial charge in [0.05, 0.1) is 23.0 Å². The molecule has 2 aromatic heterocycles. The summed E-state index contributed by atoms with van der Waals surface area (Å²) in [5.41, 5.74) is 1.39. The fraction of sp³-hybridized carbons (Fsp3) is 0.182. The highest BCUT2D eigenvalue weighted by Gasteiger charge is 2.18. The number of H-pyrrole nitrogens is 1. The van der Waals surface area contributed by atoms with E-state index < -0.39 is 17.2 Å². The van der Waals surface area contributed by atoms with Gasteiger partial charge in [0.25, 0.3) is 11.5 Å². The molecule has 0 radical (unpaired) electrons. The van der Waals surface area contributed by atoms with Crippen LogP contribution in [0.5, 0.6) is 0 Å². The Hall–Kier alpha value is -3.92. The van der Waals surface area contributed by atoms with E-state index >= 15 is 0 Å². The van der Waals surface area contributed by atoms with Gasteiger partial charge in [-0.2, -0.15) is 0 Å². The second-order valence-corrected chi connectivity index (χ2v) is 7.50. The molecule has 2 aromatic carbocycles. The number of nitrogens with zero attached hydrogens (tertiary/aromatic N) is 4. The zero-order valence-electron chi connectivity index (χ0n) is 16.8. The lowest BCUT2D eigenvalue weighted by atomic mass is 10.1. The van der Waals surface area contributed by atoms with Gasteiger partial charge < -0.3 is 15.2 Å². The van der Waals surface area contributed by atoms with Gasteiger partial charge in [-0.25, -0.2) is 13.5 Å². The predicted octanol–water partition coefficient (Wildman–Crippen LogP) is 2.10. The van der Waals surface area contributed by atoms with Gasteiger partial charge in [0.15, 0.2) is 11.6 Å². The first-order chi connectivity index (χ1) is 15.5. The third kappa shape index (κ3) is 3.65. The van der Waals surface area contributed by atoms with E-state index in [0.29, 0.717) is 29.7 Å². The maximum absolute atomic E-state index is 13.6. The standard InChI is InChI=1S/C22H18F2N6O2/c23-17-10-14-9-16(21(31)26-19(14)11-18(17)24)20-12-30(28-27-20)15-3-1-13(2-4-15)22(32)29-7-5-25-6-8-29/h1-4,9-12,25H,5-8H2,(H,26,31). The molecule has 5 rings (SSSR count). The molecule has 0 atom stereocenters. The summed E-state index contributed by atoms with van der Waals surface area (Å²) in [7, 11) is 0. The highest BCUT2D eigenvalue weighted by molar-refractivity contribution is 5.94. The molecular formula is C22H18F2N6O2. The number of nitrogens with one attached hydrogen (secondary N) is 2. The summed E-state index contributed by atoms with van der Waals surface area (Å²) in [4.78, 5) is 29.4. The van der Waals surface area contributed by atoms with E-state index in [-0.39, 0.29) is 22.7 Å². The van der Waals surface area contributed by atoms with Gasteiger partial charge in [-0.1, -0.05) is 5.21 Å². The van der Waals surface area contributed by atoms with Crippen LogP contribution < -0.4 is 10.9 Å². The summed E-state index contributed by atoms with van der Waals surface area (Å²) >= 11 is 0. The molecule has 1 aliphatic rings. The second-order valence-electron chi connectivity index (χ2n) is 7.50. The number of halogens is 2. The van der Waals surface area contributed by atoms with Crippen LogP contribution >= 0.6 is 0 Å². The lowest BCUT2D eigenvalue weighted by Gasteiger charge is -2.27. The second kappa shape index (κ2) is 7.97. The van der Waals surface area contributed by atoms with Crippen molar-refractivity contribution in [3.05, 3.63) is 76.2 Å². The van der Waals surface area contributed by atoms with Crippen LogP contribution in [-0.4, -0.2) is 57.0 Å². The van der Waals surface area contributed by atoms with E-state index in [2.05, 4.69) is 20.6 Å². The third-order valence-electron chi connectivity index (χ3n) is 5.44. The Kier molecular flexibility index (Phi) is 4.98. The fourth-order valence-corrected chi connectivity index (χ4v) is 3.71. The van der Waals surface area contributed by atoms with Crippen molar-refractivity contribution in [1.29, 1.82) is 0 Å². The number of fused-ring (bicyclic) bond motifs is 1. The van der Waals surface area contributed by atoms with Crippen LogP contribution in [0.3, 0.4) is 0 Å². The molecule has 162 valence electrons. The van der Waals surface area contributed by atoms with Gasteiger partial charge in [-0.05, 0) is 36.4 Å². The minimum Gasteiger partial charge on any atom is -0.336 e. The molecule has 0 saturated carbocycles. The van der Waals surface area contributed by atoms with E-state index in [1.54, 1.807) is 35.4 Å². The number of pyridine rings is 1. The molecule has 0 bridgehead atoms. The molecule has 0 aliphatic carbocycles. The van der Waals surface area contributed by atoms with E-state index in [4.69, 9.17) is 0 Å². The number of hydrogen-bond donors (Lipinski definition) is 2. The highest BCUT2D eigenvalue weighted by atomic mass is 19.2. The summed E-state index contributed by atoms with van der Waals surface area (Å²) in [5.74, 6) is -2.07. The van der Waals surface area contributed by atoms with Gasteiger partial charge in [0, 0.05) is 43.2 Å². The van der Waals surface area contributed by atoms with Gasteiger partial charge in [0.1, 0.15) is 5.69 Å². The molecule has 2 N–H and O–H groups in total. The largest absolute Gasteiger partial charge is 0.336 e. The normalized spacial score (nSPS) is 14.1. The maximum atomic E-state index is 13.6. The summed E-state index contributed by atoms with van der Waals surface area (Å²) in [5, 5.41) is 11.7. The Labute approximate surface area is 180 Å². The summed E-state index contributed by atoms with van der Waals surface area (Å²) in [6, 6.07) is 10.3. The fourth-order valence-electron chi connectivity index (χ4n) is 3.71. The Bertz CT molecular complexity index is 1370. The molecule has 3 heterocycles. The van der Waals surface area contributed by atoms with Crippen LogP contribution in [0.2, 0.25) is 0 Å². The molecule has 1 saturated heterocycles. The Morgan fingerprint density at radius 1 is 1.00 bits per heavy atom. The van der Waals surface area contributed by atoms with Gasteiger partial charge >= 0.3 is 0 Å². The van der Waals surface area contributed by atoms with Crippen molar-refractivity contribution in [3.63, 3.8) is 0 Å². The quantitative estimate of drug-likeness (QED) is 0.513. The molecule has 32 heavy (non-hydrogen) atoms. The number of carbonyl (C=O) groups excluding carboxylic acids is 1. The van der Waals surface area contributed by atoms with Gasteiger partial charge in [-0.15, -0.1) is 5.10 Å². The number of aromatic amines is 1. The zero-order chi connectivity index (χ0) is 22.2. The van der Waals surface area contributed by atoms with Crippen LogP contribution in [0.15, 0.2) is 53.5 Å². The Balaban J connectivity index is 1.42. The first-order valence-electron chi connectivity index (χ1n) is 10.0. The molecule has 10 heteroatoms. The first kappa shape index (κ1) is 20.0. The molecule has 1 amide bonds. The number of rotatable bonds is 3. The van der Waals surface area contributed by atoms with Crippen LogP contribution in [0, 0.1) is 11.6 Å². The van der Waals surface area contributed by atoms with E-state index in [1.165, 1.54) is 10.7 Å². The van der Waals surface area contributed by atoms with E-state index in [1.807, 2.05) is 0 Å². The highest BCUT2D eigenvalue weighted by Crippen LogP contribution is 2.21. The summed E-state index contributed by atoms with van der Waals surface area (Å²) in [6.07, 6.45) is 1.56. The van der Waals surface area contributed by atoms with Gasteiger partial charge in [-0.3, -0.25) is 9.59 Å². The van der Waals surface area contributed by atoms with Crippen LogP contribution in [-0.2, 0) is 0 Å². The van der Waals surface area contributed by atoms with E-state index in [9.17, 15) is 18.4 Å². The Morgan fingerprint density at radius 2 is 1.72 bits per heavy atom. The molecule has 1 aliphatic heterocycles. The number of hydrogen-bond acceptors (Lipinski definition) is 5. The molecule has 4 aromatic rings. The smallest absolute Gasteiger partial charge is 0.258 e. The minimum atomic E-state index is -1.04. The molecule has 1 fully saturated rings. The van der Waals surface area contributed by atoms with Crippen LogP contribution in [0.1, 0.15) is 10.4 Å². The minimum absolute atomic E-state index is 0.0244. The maximum Gasteiger partial charge on any atom is 0.258 e. The first-order valence-corrected chi connectivity index (χ1v) is 10.0. The number of amides is 1. The summed E-state index contributed by atoms with van der Waals surface area (Å²) < 4.78 is 28.5. The molecule has 8 nitrogen and oxygen atoms in total. The molecule has 0 unspecified atom stereocenters. The van der Waals surface area contributed by atoms with Crippen molar-refractivity contribution in [1.82, 2.24) is 30.2 Å². The van der Waals surface area contributed by atoms with Crippen molar-refractivity contribution in [2.75, 3.05) is 26.2 Å². The average molecular weight is 436 g/mol. The monoisotopic (exact) mass is 436 g/mol. The summed E-state index contributed by atoms with van der Waals surface area (Å²) in [6.45, 7) is 2.90. The lowest BCUT2D eigenvalue weighted by molar-refractivity contribution is 0.0736. The molecular weight excluding hydrogens is 418 g/mol. The SMILES string of the molecule is O=C(c1ccc(-n2cc(-c3cc4cc(F)c(F)cc4[nH]c3=O)nn2)cc1)N1CCNCC1. The van der Waals surface area contributed by atoms with Crippen molar-refractivity contribution < 1.29 is 13.6 Å². The number of piperazine rings is 1. The third-order valence-corrected chi connectivity index (χ3v) is 5.44. The van der Waals surface area contributed by atoms with Crippen LogP contribution in [0.25, 0.3) is 27.8 Å². The van der Waals surface area contributed by atoms with Gasteiger partial charge in [0.2, 0.25) is 0 Å². The zero-order valence-corrected chi connectivity index (χ0v) is 16.8. The number of aromatic nitrogens is 4. The molecule has 0 spiro atoms. The number of carbonyl (C=O) groups is 1. The van der Waals surface area contributed by atoms with Crippen molar-refractivity contribution in [3.8, 4) is 16.9 Å². The average Bonchev–Trinajstić information content (AvgIpc) is 3.30.